The van der Waals surface area contributed by atoms with Crippen molar-refractivity contribution in [3.05, 3.63) is 47.5 Å². The zero-order valence-electron chi connectivity index (χ0n) is 13.0. The molecule has 23 heavy (non-hydrogen) atoms. The van der Waals surface area contributed by atoms with Crippen molar-refractivity contribution < 1.29 is 8.42 Å². The van der Waals surface area contributed by atoms with E-state index in [1.807, 2.05) is 6.20 Å². The number of halogens is 1. The third-order valence-corrected chi connectivity index (χ3v) is 6.37. The molecule has 3 rings (SSSR count). The van der Waals surface area contributed by atoms with Crippen LogP contribution in [-0.4, -0.2) is 35.4 Å². The van der Waals surface area contributed by atoms with Gasteiger partial charge in [0.1, 0.15) is 5.82 Å². The summed E-state index contributed by atoms with van der Waals surface area (Å²) in [5, 5.41) is 0.432. The predicted molar refractivity (Wildman–Crippen MR) is 90.1 cm³/mol. The Balaban J connectivity index is 1.86. The molecule has 1 fully saturated rings. The summed E-state index contributed by atoms with van der Waals surface area (Å²) in [7, 11) is -3.52. The molecule has 0 N–H and O–H groups in total. The van der Waals surface area contributed by atoms with E-state index in [0.717, 1.165) is 25.2 Å². The smallest absolute Gasteiger partial charge is 0.243 e. The van der Waals surface area contributed by atoms with E-state index in [0.29, 0.717) is 18.1 Å². The molecule has 1 saturated heterocycles. The van der Waals surface area contributed by atoms with E-state index < -0.39 is 10.0 Å². The number of imidazole rings is 1. The minimum Gasteiger partial charge on any atom is -0.335 e. The van der Waals surface area contributed by atoms with Gasteiger partial charge in [-0.2, -0.15) is 4.31 Å². The molecule has 1 aliphatic heterocycles. The summed E-state index contributed by atoms with van der Waals surface area (Å²) in [6, 6.07) is 6.45. The standard InChI is InChI=1S/C16H20ClN3O2S/c1-2-19-10-8-18-16(19)13-5-4-9-20(12-13)23(21,22)15-7-3-6-14(17)11-15/h3,6-8,10-11,13H,2,4-5,9,12H2,1H3. The van der Waals surface area contributed by atoms with Crippen molar-refractivity contribution in [1.82, 2.24) is 13.9 Å². The monoisotopic (exact) mass is 353 g/mol. The number of sulfonamides is 1. The summed E-state index contributed by atoms with van der Waals surface area (Å²) < 4.78 is 29.3. The van der Waals surface area contributed by atoms with Crippen LogP contribution in [0.1, 0.15) is 31.5 Å². The van der Waals surface area contributed by atoms with Gasteiger partial charge < -0.3 is 4.57 Å². The Kier molecular flexibility index (Phi) is 4.75. The van der Waals surface area contributed by atoms with Crippen molar-refractivity contribution in [2.75, 3.05) is 13.1 Å². The number of hydrogen-bond donors (Lipinski definition) is 0. The highest BCUT2D eigenvalue weighted by Crippen LogP contribution is 2.30. The fraction of sp³-hybridized carbons (Fsp3) is 0.438. The Bertz CT molecular complexity index is 788. The van der Waals surface area contributed by atoms with Gasteiger partial charge in [-0.1, -0.05) is 17.7 Å². The van der Waals surface area contributed by atoms with E-state index in [2.05, 4.69) is 16.5 Å². The molecule has 2 aromatic rings. The SMILES string of the molecule is CCn1ccnc1C1CCCN(S(=O)(=O)c2cccc(Cl)c2)C1. The second kappa shape index (κ2) is 6.63. The van der Waals surface area contributed by atoms with Gasteiger partial charge in [0, 0.05) is 43.0 Å². The molecule has 0 saturated carbocycles. The summed E-state index contributed by atoms with van der Waals surface area (Å²) in [5.41, 5.74) is 0. The van der Waals surface area contributed by atoms with Crippen molar-refractivity contribution in [3.8, 4) is 0 Å². The minimum absolute atomic E-state index is 0.132. The lowest BCUT2D eigenvalue weighted by atomic mass is 9.99. The van der Waals surface area contributed by atoms with E-state index >= 15 is 0 Å². The lowest BCUT2D eigenvalue weighted by molar-refractivity contribution is 0.305. The van der Waals surface area contributed by atoms with Gasteiger partial charge >= 0.3 is 0 Å². The van der Waals surface area contributed by atoms with E-state index in [1.54, 1.807) is 28.7 Å². The molecule has 1 unspecified atom stereocenters. The average Bonchev–Trinajstić information content (AvgIpc) is 3.03. The summed E-state index contributed by atoms with van der Waals surface area (Å²) >= 11 is 5.94. The molecule has 0 aliphatic carbocycles. The second-order valence-corrected chi connectivity index (χ2v) is 8.11. The molecule has 1 aromatic heterocycles. The maximum absolute atomic E-state index is 12.8. The highest BCUT2D eigenvalue weighted by atomic mass is 35.5. The first-order valence-electron chi connectivity index (χ1n) is 7.79. The Labute approximate surface area is 141 Å². The van der Waals surface area contributed by atoms with Gasteiger partial charge in [-0.15, -0.1) is 0 Å². The fourth-order valence-corrected chi connectivity index (χ4v) is 4.92. The van der Waals surface area contributed by atoms with Gasteiger partial charge in [0.15, 0.2) is 0 Å². The molecule has 0 spiro atoms. The molecule has 1 aromatic carbocycles. The van der Waals surface area contributed by atoms with Crippen LogP contribution in [0.2, 0.25) is 5.02 Å². The lowest BCUT2D eigenvalue weighted by Crippen LogP contribution is -2.39. The molecule has 0 bridgehead atoms. The van der Waals surface area contributed by atoms with Crippen LogP contribution in [0.4, 0.5) is 0 Å². The van der Waals surface area contributed by atoms with Gasteiger partial charge in [0.05, 0.1) is 4.90 Å². The molecule has 2 heterocycles. The normalized spacial score (nSPS) is 19.8. The van der Waals surface area contributed by atoms with E-state index in [9.17, 15) is 8.42 Å². The van der Waals surface area contributed by atoms with Crippen LogP contribution >= 0.6 is 11.6 Å². The Morgan fingerprint density at radius 3 is 2.96 bits per heavy atom. The summed E-state index contributed by atoms with van der Waals surface area (Å²) in [6.07, 6.45) is 5.52. The predicted octanol–water partition coefficient (Wildman–Crippen LogP) is 3.12. The molecule has 124 valence electrons. The molecule has 7 heteroatoms. The number of benzene rings is 1. The van der Waals surface area contributed by atoms with Crippen molar-refractivity contribution in [1.29, 1.82) is 0 Å². The maximum atomic E-state index is 12.8. The van der Waals surface area contributed by atoms with Crippen molar-refractivity contribution in [2.45, 2.75) is 37.1 Å². The number of hydrogen-bond acceptors (Lipinski definition) is 3. The van der Waals surface area contributed by atoms with Crippen LogP contribution in [0.5, 0.6) is 0 Å². The van der Waals surface area contributed by atoms with E-state index in [1.165, 1.54) is 6.07 Å². The van der Waals surface area contributed by atoms with Gasteiger partial charge in [-0.25, -0.2) is 13.4 Å². The highest BCUT2D eigenvalue weighted by molar-refractivity contribution is 7.89. The Hall–Kier alpha value is -1.37. The molecule has 5 nitrogen and oxygen atoms in total. The van der Waals surface area contributed by atoms with Crippen LogP contribution in [0, 0.1) is 0 Å². The topological polar surface area (TPSA) is 55.2 Å². The third-order valence-electron chi connectivity index (χ3n) is 4.27. The maximum Gasteiger partial charge on any atom is 0.243 e. The van der Waals surface area contributed by atoms with Crippen LogP contribution in [0.15, 0.2) is 41.6 Å². The molecule has 1 aliphatic rings. The summed E-state index contributed by atoms with van der Waals surface area (Å²) in [4.78, 5) is 4.69. The second-order valence-electron chi connectivity index (χ2n) is 5.73. The number of piperidine rings is 1. The quantitative estimate of drug-likeness (QED) is 0.848. The van der Waals surface area contributed by atoms with Crippen molar-refractivity contribution in [3.63, 3.8) is 0 Å². The largest absolute Gasteiger partial charge is 0.335 e. The van der Waals surface area contributed by atoms with Crippen molar-refractivity contribution >= 4 is 21.6 Å². The first kappa shape index (κ1) is 16.5. The van der Waals surface area contributed by atoms with Crippen molar-refractivity contribution in [2.24, 2.45) is 0 Å². The Morgan fingerprint density at radius 1 is 1.39 bits per heavy atom. The molecule has 1 atom stereocenters. The first-order chi connectivity index (χ1) is 11.0. The zero-order chi connectivity index (χ0) is 16.4. The van der Waals surface area contributed by atoms with Gasteiger partial charge in [-0.3, -0.25) is 0 Å². The highest BCUT2D eigenvalue weighted by Gasteiger charge is 2.32. The zero-order valence-corrected chi connectivity index (χ0v) is 14.6. The number of aryl methyl sites for hydroxylation is 1. The van der Waals surface area contributed by atoms with Gasteiger partial charge in [0.2, 0.25) is 10.0 Å². The molecular weight excluding hydrogens is 334 g/mol. The molecule has 0 radical (unpaired) electrons. The van der Waals surface area contributed by atoms with Crippen LogP contribution in [-0.2, 0) is 16.6 Å². The Morgan fingerprint density at radius 2 is 2.22 bits per heavy atom. The van der Waals surface area contributed by atoms with Crippen LogP contribution < -0.4 is 0 Å². The molecule has 0 amide bonds. The van der Waals surface area contributed by atoms with Crippen LogP contribution in [0.3, 0.4) is 0 Å². The number of rotatable bonds is 4. The summed E-state index contributed by atoms with van der Waals surface area (Å²) in [5.74, 6) is 1.10. The first-order valence-corrected chi connectivity index (χ1v) is 9.61. The summed E-state index contributed by atoms with van der Waals surface area (Å²) in [6.45, 7) is 3.91. The number of aromatic nitrogens is 2. The van der Waals surface area contributed by atoms with Gasteiger partial charge in [0.25, 0.3) is 0 Å². The van der Waals surface area contributed by atoms with E-state index in [4.69, 9.17) is 11.6 Å². The van der Waals surface area contributed by atoms with Crippen LogP contribution in [0.25, 0.3) is 0 Å². The number of nitrogens with zero attached hydrogens (tertiary/aromatic N) is 3. The lowest BCUT2D eigenvalue weighted by Gasteiger charge is -2.31. The molecular formula is C16H20ClN3O2S. The average molecular weight is 354 g/mol. The van der Waals surface area contributed by atoms with Gasteiger partial charge in [-0.05, 0) is 38.0 Å². The third kappa shape index (κ3) is 3.29. The van der Waals surface area contributed by atoms with E-state index in [-0.39, 0.29) is 10.8 Å². The fourth-order valence-electron chi connectivity index (χ4n) is 3.10. The minimum atomic E-state index is -3.52.